The van der Waals surface area contributed by atoms with Crippen molar-refractivity contribution in [1.29, 1.82) is 0 Å². The lowest BCUT2D eigenvalue weighted by Crippen LogP contribution is -2.15. The van der Waals surface area contributed by atoms with E-state index in [1.165, 1.54) is 0 Å². The summed E-state index contributed by atoms with van der Waals surface area (Å²) in [7, 11) is 0. The zero-order valence-electron chi connectivity index (χ0n) is 7.05. The monoisotopic (exact) mass is 167 g/mol. The van der Waals surface area contributed by atoms with Gasteiger partial charge in [-0.25, -0.2) is 0 Å². The number of ether oxygens (including phenoxy) is 1. The lowest BCUT2D eigenvalue weighted by atomic mass is 10.2. The Morgan fingerprint density at radius 3 is 2.58 bits per heavy atom. The number of hydrogen-bond acceptors (Lipinski definition) is 2. The van der Waals surface area contributed by atoms with E-state index in [0.29, 0.717) is 6.42 Å². The molecule has 12 heavy (non-hydrogen) atoms. The van der Waals surface area contributed by atoms with Crippen molar-refractivity contribution in [2.75, 3.05) is 0 Å². The van der Waals surface area contributed by atoms with Gasteiger partial charge in [0.05, 0.1) is 12.2 Å². The van der Waals surface area contributed by atoms with Gasteiger partial charge in [-0.1, -0.05) is 0 Å². The third kappa shape index (κ3) is 1.26. The highest BCUT2D eigenvalue weighted by Gasteiger charge is 2.30. The molecule has 0 radical (unpaired) electrons. The summed E-state index contributed by atoms with van der Waals surface area (Å²) in [5.41, 5.74) is 0. The molecular formula is C9H13NO2. The molecule has 1 N–H and O–H groups in total. The number of aromatic nitrogens is 1. The second kappa shape index (κ2) is 2.92. The van der Waals surface area contributed by atoms with E-state index in [-0.39, 0.29) is 18.4 Å². The number of aliphatic hydroxyl groups excluding tert-OH is 1. The lowest BCUT2D eigenvalue weighted by Gasteiger charge is -2.11. The highest BCUT2D eigenvalue weighted by molar-refractivity contribution is 4.93. The molecular weight excluding hydrogens is 154 g/mol. The number of aliphatic hydroxyl groups is 1. The number of hydrogen-bond donors (Lipinski definition) is 1. The topological polar surface area (TPSA) is 34.4 Å². The summed E-state index contributed by atoms with van der Waals surface area (Å²) >= 11 is 0. The van der Waals surface area contributed by atoms with Crippen LogP contribution in [0, 0.1) is 0 Å². The van der Waals surface area contributed by atoms with E-state index < -0.39 is 0 Å². The molecule has 1 aromatic rings. The van der Waals surface area contributed by atoms with E-state index in [1.807, 2.05) is 36.0 Å². The molecule has 0 bridgehead atoms. The van der Waals surface area contributed by atoms with Crippen molar-refractivity contribution in [2.45, 2.75) is 31.8 Å². The van der Waals surface area contributed by atoms with E-state index in [9.17, 15) is 5.11 Å². The quantitative estimate of drug-likeness (QED) is 0.681. The van der Waals surface area contributed by atoms with Crippen molar-refractivity contribution in [3.05, 3.63) is 24.5 Å². The Bertz CT molecular complexity index is 235. The zero-order chi connectivity index (χ0) is 8.55. The van der Waals surface area contributed by atoms with Crippen molar-refractivity contribution in [3.8, 4) is 0 Å². The third-order valence-corrected chi connectivity index (χ3v) is 2.32. The summed E-state index contributed by atoms with van der Waals surface area (Å²) in [6.45, 7) is 1.90. The molecule has 0 aliphatic carbocycles. The summed E-state index contributed by atoms with van der Waals surface area (Å²) in [5, 5.41) is 9.43. The molecule has 2 rings (SSSR count). The normalized spacial score (nSPS) is 35.7. The van der Waals surface area contributed by atoms with E-state index in [1.54, 1.807) is 0 Å². The number of nitrogens with zero attached hydrogens (tertiary/aromatic N) is 1. The smallest absolute Gasteiger partial charge is 0.136 e. The van der Waals surface area contributed by atoms with Gasteiger partial charge in [0.1, 0.15) is 6.23 Å². The average molecular weight is 167 g/mol. The molecule has 0 amide bonds. The van der Waals surface area contributed by atoms with Gasteiger partial charge in [-0.2, -0.15) is 0 Å². The van der Waals surface area contributed by atoms with Crippen LogP contribution in [-0.4, -0.2) is 21.9 Å². The molecule has 0 aromatic carbocycles. The highest BCUT2D eigenvalue weighted by Crippen LogP contribution is 2.27. The first kappa shape index (κ1) is 7.83. The lowest BCUT2D eigenvalue weighted by molar-refractivity contribution is -0.00771. The van der Waals surface area contributed by atoms with Gasteiger partial charge < -0.3 is 14.4 Å². The van der Waals surface area contributed by atoms with Crippen LogP contribution in [-0.2, 0) is 4.74 Å². The predicted octanol–water partition coefficient (Wildman–Crippen LogP) is 1.16. The van der Waals surface area contributed by atoms with Gasteiger partial charge in [-0.3, -0.25) is 0 Å². The molecule has 0 unspecified atom stereocenters. The molecule has 1 aliphatic rings. The zero-order valence-corrected chi connectivity index (χ0v) is 7.05. The first-order chi connectivity index (χ1) is 5.77. The molecule has 0 saturated carbocycles. The first-order valence-corrected chi connectivity index (χ1v) is 4.23. The largest absolute Gasteiger partial charge is 0.390 e. The second-order valence-electron chi connectivity index (χ2n) is 3.23. The van der Waals surface area contributed by atoms with Crippen LogP contribution in [0.3, 0.4) is 0 Å². The van der Waals surface area contributed by atoms with Crippen LogP contribution in [0.2, 0.25) is 0 Å². The molecule has 66 valence electrons. The van der Waals surface area contributed by atoms with Gasteiger partial charge in [0.25, 0.3) is 0 Å². The van der Waals surface area contributed by atoms with E-state index in [2.05, 4.69) is 0 Å². The molecule has 2 heterocycles. The van der Waals surface area contributed by atoms with Crippen LogP contribution in [0.25, 0.3) is 0 Å². The Balaban J connectivity index is 2.09. The summed E-state index contributed by atoms with van der Waals surface area (Å²) < 4.78 is 7.51. The standard InChI is InChI=1S/C9H13NO2/c1-7-8(11)6-9(12-7)10-4-2-3-5-10/h2-5,7-9,11H,6H2,1H3/t7-,8+,9-/m1/s1. The van der Waals surface area contributed by atoms with Gasteiger partial charge in [0.2, 0.25) is 0 Å². The Morgan fingerprint density at radius 2 is 2.08 bits per heavy atom. The predicted molar refractivity (Wildman–Crippen MR) is 44.6 cm³/mol. The maximum absolute atomic E-state index is 9.43. The third-order valence-electron chi connectivity index (χ3n) is 2.32. The fraction of sp³-hybridized carbons (Fsp3) is 0.556. The molecule has 3 atom stereocenters. The molecule has 3 nitrogen and oxygen atoms in total. The minimum absolute atomic E-state index is 0.0185. The van der Waals surface area contributed by atoms with Crippen LogP contribution in [0.1, 0.15) is 19.6 Å². The van der Waals surface area contributed by atoms with Crippen LogP contribution in [0.5, 0.6) is 0 Å². The molecule has 3 heteroatoms. The second-order valence-corrected chi connectivity index (χ2v) is 3.23. The Morgan fingerprint density at radius 1 is 1.42 bits per heavy atom. The molecule has 1 aromatic heterocycles. The summed E-state index contributed by atoms with van der Waals surface area (Å²) in [4.78, 5) is 0. The van der Waals surface area contributed by atoms with Crippen molar-refractivity contribution in [1.82, 2.24) is 4.57 Å². The van der Waals surface area contributed by atoms with Crippen molar-refractivity contribution in [3.63, 3.8) is 0 Å². The van der Waals surface area contributed by atoms with Crippen molar-refractivity contribution in [2.24, 2.45) is 0 Å². The van der Waals surface area contributed by atoms with Gasteiger partial charge in [-0.15, -0.1) is 0 Å². The highest BCUT2D eigenvalue weighted by atomic mass is 16.5. The summed E-state index contributed by atoms with van der Waals surface area (Å²) in [6.07, 6.45) is 4.25. The van der Waals surface area contributed by atoms with Gasteiger partial charge >= 0.3 is 0 Å². The fourth-order valence-corrected chi connectivity index (χ4v) is 1.52. The Labute approximate surface area is 71.6 Å². The van der Waals surface area contributed by atoms with Crippen LogP contribution in [0.15, 0.2) is 24.5 Å². The van der Waals surface area contributed by atoms with Crippen LogP contribution >= 0.6 is 0 Å². The Kier molecular flexibility index (Phi) is 1.90. The SMILES string of the molecule is C[C@H]1O[C@@H](n2cccc2)C[C@@H]1O. The van der Waals surface area contributed by atoms with Crippen LogP contribution < -0.4 is 0 Å². The molecule has 0 spiro atoms. The minimum Gasteiger partial charge on any atom is -0.390 e. The Hall–Kier alpha value is -0.800. The average Bonchev–Trinajstić information content (AvgIpc) is 2.61. The van der Waals surface area contributed by atoms with Gasteiger partial charge in [0, 0.05) is 18.8 Å². The van der Waals surface area contributed by atoms with Gasteiger partial charge in [-0.05, 0) is 19.1 Å². The fourth-order valence-electron chi connectivity index (χ4n) is 1.52. The first-order valence-electron chi connectivity index (χ1n) is 4.23. The maximum atomic E-state index is 9.43. The molecule has 1 saturated heterocycles. The van der Waals surface area contributed by atoms with Gasteiger partial charge in [0.15, 0.2) is 0 Å². The minimum atomic E-state index is -0.322. The van der Waals surface area contributed by atoms with Crippen LogP contribution in [0.4, 0.5) is 0 Å². The van der Waals surface area contributed by atoms with Crippen molar-refractivity contribution < 1.29 is 9.84 Å². The van der Waals surface area contributed by atoms with E-state index in [0.717, 1.165) is 0 Å². The summed E-state index contributed by atoms with van der Waals surface area (Å²) in [5.74, 6) is 0. The maximum Gasteiger partial charge on any atom is 0.136 e. The summed E-state index contributed by atoms with van der Waals surface area (Å²) in [6, 6.07) is 3.91. The number of rotatable bonds is 1. The van der Waals surface area contributed by atoms with Crippen molar-refractivity contribution >= 4 is 0 Å². The molecule has 1 aliphatic heterocycles. The van der Waals surface area contributed by atoms with E-state index >= 15 is 0 Å². The van der Waals surface area contributed by atoms with E-state index in [4.69, 9.17) is 4.74 Å². The molecule has 1 fully saturated rings.